The van der Waals surface area contributed by atoms with Gasteiger partial charge >= 0.3 is 5.97 Å². The Balaban J connectivity index is 2.09. The summed E-state index contributed by atoms with van der Waals surface area (Å²) in [5.74, 6) is -0.448. The lowest BCUT2D eigenvalue weighted by atomic mass is 9.88. The Hall–Kier alpha value is -2.35. The fourth-order valence-corrected chi connectivity index (χ4v) is 2.68. The van der Waals surface area contributed by atoms with E-state index in [2.05, 4.69) is 30.3 Å². The van der Waals surface area contributed by atoms with Gasteiger partial charge in [-0.3, -0.25) is 4.79 Å². The van der Waals surface area contributed by atoms with E-state index in [0.717, 1.165) is 27.8 Å². The van der Waals surface area contributed by atoms with Gasteiger partial charge in [-0.1, -0.05) is 54.1 Å². The molecule has 0 saturated carbocycles. The van der Waals surface area contributed by atoms with E-state index < -0.39 is 0 Å². The third-order valence-electron chi connectivity index (χ3n) is 3.71. The van der Waals surface area contributed by atoms with Crippen LogP contribution in [-0.4, -0.2) is 5.97 Å². The third-order valence-corrected chi connectivity index (χ3v) is 3.71. The highest BCUT2D eigenvalue weighted by atomic mass is 16.5. The molecule has 1 unspecified atom stereocenters. The van der Waals surface area contributed by atoms with Gasteiger partial charge in [0.15, 0.2) is 0 Å². The summed E-state index contributed by atoms with van der Waals surface area (Å²) in [6.07, 6.45) is 1.98. The average Bonchev–Trinajstić information content (AvgIpc) is 2.50. The molecule has 2 aromatic rings. The number of fused-ring (bicyclic) bond motifs is 1. The molecule has 0 N–H and O–H groups in total. The normalized spacial score (nSPS) is 16.9. The number of carbonyl (C=O) groups is 1. The van der Waals surface area contributed by atoms with Gasteiger partial charge in [-0.25, -0.2) is 0 Å². The zero-order valence-corrected chi connectivity index (χ0v) is 12.3. The second-order valence-corrected chi connectivity index (χ2v) is 5.61. The lowest BCUT2D eigenvalue weighted by Gasteiger charge is -2.23. The highest BCUT2D eigenvalue weighted by Gasteiger charge is 2.27. The number of allylic oxidation sites excluding steroid dienone is 1. The Morgan fingerprint density at radius 3 is 2.57 bits per heavy atom. The first kappa shape index (κ1) is 13.6. The van der Waals surface area contributed by atoms with E-state index in [-0.39, 0.29) is 11.9 Å². The van der Waals surface area contributed by atoms with Crippen molar-refractivity contribution in [2.45, 2.75) is 26.4 Å². The van der Waals surface area contributed by atoms with Gasteiger partial charge < -0.3 is 4.74 Å². The van der Waals surface area contributed by atoms with Gasteiger partial charge in [-0.05, 0) is 42.2 Å². The van der Waals surface area contributed by atoms with Crippen LogP contribution in [0.1, 0.15) is 30.9 Å². The van der Waals surface area contributed by atoms with E-state index in [1.807, 2.05) is 38.1 Å². The monoisotopic (exact) mass is 278 g/mol. The smallest absolute Gasteiger partial charge is 0.317 e. The number of ether oxygens (including phenoxy) is 1. The van der Waals surface area contributed by atoms with E-state index in [4.69, 9.17) is 4.74 Å². The van der Waals surface area contributed by atoms with E-state index >= 15 is 0 Å². The predicted molar refractivity (Wildman–Crippen MR) is 83.8 cm³/mol. The largest absolute Gasteiger partial charge is 0.460 e. The van der Waals surface area contributed by atoms with Crippen molar-refractivity contribution in [2.24, 2.45) is 0 Å². The molecule has 2 heteroatoms. The predicted octanol–water partition coefficient (Wildman–Crippen LogP) is 4.46. The Kier molecular flexibility index (Phi) is 3.61. The van der Waals surface area contributed by atoms with E-state index in [9.17, 15) is 4.79 Å². The SMILES string of the molecule is CC(C)=CC1C(=O)OCc2ccc(-c3ccccc3)cc21. The van der Waals surface area contributed by atoms with Crippen molar-refractivity contribution in [2.75, 3.05) is 0 Å². The molecule has 0 aliphatic carbocycles. The molecule has 1 aliphatic rings. The Morgan fingerprint density at radius 1 is 1.10 bits per heavy atom. The number of carbonyl (C=O) groups excluding carboxylic acids is 1. The minimum atomic E-state index is -0.289. The number of hydrogen-bond donors (Lipinski definition) is 0. The average molecular weight is 278 g/mol. The summed E-state index contributed by atoms with van der Waals surface area (Å²) in [5, 5.41) is 0. The molecular formula is C19H18O2. The van der Waals surface area contributed by atoms with Crippen LogP contribution in [0.2, 0.25) is 0 Å². The number of hydrogen-bond acceptors (Lipinski definition) is 2. The molecule has 0 radical (unpaired) electrons. The summed E-state index contributed by atoms with van der Waals surface area (Å²) in [7, 11) is 0. The van der Waals surface area contributed by atoms with Crippen molar-refractivity contribution in [3.8, 4) is 11.1 Å². The van der Waals surface area contributed by atoms with E-state index in [1.54, 1.807) is 0 Å². The van der Waals surface area contributed by atoms with Gasteiger partial charge in [0.05, 0.1) is 0 Å². The summed E-state index contributed by atoms with van der Waals surface area (Å²) >= 11 is 0. The van der Waals surface area contributed by atoms with Crippen molar-refractivity contribution >= 4 is 5.97 Å². The summed E-state index contributed by atoms with van der Waals surface area (Å²) in [4.78, 5) is 12.1. The van der Waals surface area contributed by atoms with Crippen LogP contribution in [0, 0.1) is 0 Å². The first-order valence-corrected chi connectivity index (χ1v) is 7.15. The minimum Gasteiger partial charge on any atom is -0.460 e. The zero-order chi connectivity index (χ0) is 14.8. The van der Waals surface area contributed by atoms with Gasteiger partial charge in [-0.2, -0.15) is 0 Å². The van der Waals surface area contributed by atoms with Gasteiger partial charge in [0.2, 0.25) is 0 Å². The first-order chi connectivity index (χ1) is 10.1. The molecule has 0 bridgehead atoms. The standard InChI is InChI=1S/C19H18O2/c1-13(2)10-18-17-11-15(14-6-4-3-5-7-14)8-9-16(17)12-21-19(18)20/h3-11,18H,12H2,1-2H3. The second kappa shape index (κ2) is 5.57. The van der Waals surface area contributed by atoms with Crippen molar-refractivity contribution in [3.05, 3.63) is 71.3 Å². The highest BCUT2D eigenvalue weighted by Crippen LogP contribution is 2.33. The number of esters is 1. The topological polar surface area (TPSA) is 26.3 Å². The van der Waals surface area contributed by atoms with Gasteiger partial charge in [0.1, 0.15) is 12.5 Å². The molecule has 1 aliphatic heterocycles. The van der Waals surface area contributed by atoms with Crippen LogP contribution in [0.3, 0.4) is 0 Å². The van der Waals surface area contributed by atoms with Crippen LogP contribution in [-0.2, 0) is 16.1 Å². The number of benzene rings is 2. The lowest BCUT2D eigenvalue weighted by Crippen LogP contribution is -2.21. The molecule has 1 atom stereocenters. The molecule has 21 heavy (non-hydrogen) atoms. The van der Waals surface area contributed by atoms with Gasteiger partial charge in [0, 0.05) is 0 Å². The van der Waals surface area contributed by atoms with Crippen molar-refractivity contribution in [1.82, 2.24) is 0 Å². The number of cyclic esters (lactones) is 1. The van der Waals surface area contributed by atoms with E-state index in [0.29, 0.717) is 6.61 Å². The van der Waals surface area contributed by atoms with Crippen LogP contribution < -0.4 is 0 Å². The summed E-state index contributed by atoms with van der Waals surface area (Å²) in [5.41, 5.74) is 5.58. The molecule has 0 spiro atoms. The van der Waals surface area contributed by atoms with Crippen molar-refractivity contribution < 1.29 is 9.53 Å². The second-order valence-electron chi connectivity index (χ2n) is 5.61. The molecule has 106 valence electrons. The van der Waals surface area contributed by atoms with Crippen LogP contribution >= 0.6 is 0 Å². The fourth-order valence-electron chi connectivity index (χ4n) is 2.68. The molecule has 0 saturated heterocycles. The number of rotatable bonds is 2. The molecule has 0 amide bonds. The van der Waals surface area contributed by atoms with Crippen LogP contribution in [0.25, 0.3) is 11.1 Å². The molecule has 0 fully saturated rings. The third kappa shape index (κ3) is 2.75. The summed E-state index contributed by atoms with van der Waals surface area (Å²) < 4.78 is 5.28. The maximum atomic E-state index is 12.1. The molecular weight excluding hydrogens is 260 g/mol. The quantitative estimate of drug-likeness (QED) is 0.599. The fraction of sp³-hybridized carbons (Fsp3) is 0.211. The Bertz CT molecular complexity index is 695. The first-order valence-electron chi connectivity index (χ1n) is 7.15. The lowest BCUT2D eigenvalue weighted by molar-refractivity contribution is -0.147. The summed E-state index contributed by atoms with van der Waals surface area (Å²) in [6, 6.07) is 16.5. The van der Waals surface area contributed by atoms with Crippen LogP contribution in [0.5, 0.6) is 0 Å². The van der Waals surface area contributed by atoms with Crippen molar-refractivity contribution in [1.29, 1.82) is 0 Å². The molecule has 3 rings (SSSR count). The van der Waals surface area contributed by atoms with Crippen LogP contribution in [0.15, 0.2) is 60.2 Å². The molecule has 2 nitrogen and oxygen atoms in total. The minimum absolute atomic E-state index is 0.158. The van der Waals surface area contributed by atoms with Crippen molar-refractivity contribution in [3.63, 3.8) is 0 Å². The summed E-state index contributed by atoms with van der Waals surface area (Å²) in [6.45, 7) is 4.38. The maximum absolute atomic E-state index is 12.1. The van der Waals surface area contributed by atoms with Gasteiger partial charge in [0.25, 0.3) is 0 Å². The maximum Gasteiger partial charge on any atom is 0.317 e. The van der Waals surface area contributed by atoms with E-state index in [1.165, 1.54) is 0 Å². The highest BCUT2D eigenvalue weighted by molar-refractivity contribution is 5.83. The molecule has 0 aromatic heterocycles. The molecule has 1 heterocycles. The Labute approximate surface area is 125 Å². The zero-order valence-electron chi connectivity index (χ0n) is 12.3. The van der Waals surface area contributed by atoms with Crippen LogP contribution in [0.4, 0.5) is 0 Å². The Morgan fingerprint density at radius 2 is 1.86 bits per heavy atom. The molecule has 2 aromatic carbocycles. The van der Waals surface area contributed by atoms with Gasteiger partial charge in [-0.15, -0.1) is 0 Å².